The third kappa shape index (κ3) is 5.03. The second kappa shape index (κ2) is 7.84. The smallest absolute Gasteiger partial charge is 0.0368 e. The van der Waals surface area contributed by atoms with Crippen molar-refractivity contribution in [3.63, 3.8) is 0 Å². The molecule has 1 aliphatic rings. The zero-order valence-electron chi connectivity index (χ0n) is 14.0. The minimum atomic E-state index is 0.239. The van der Waals surface area contributed by atoms with Crippen LogP contribution in [0.25, 0.3) is 0 Å². The summed E-state index contributed by atoms with van der Waals surface area (Å²) in [5, 5.41) is 0. The number of rotatable bonds is 7. The predicted octanol–water partition coefficient (Wildman–Crippen LogP) is 4.37. The quantitative estimate of drug-likeness (QED) is 0.807. The van der Waals surface area contributed by atoms with Gasteiger partial charge >= 0.3 is 0 Å². The second-order valence-corrected chi connectivity index (χ2v) is 7.16. The summed E-state index contributed by atoms with van der Waals surface area (Å²) < 4.78 is 0. The van der Waals surface area contributed by atoms with Crippen LogP contribution in [0.5, 0.6) is 0 Å². The first-order valence-corrected chi connectivity index (χ1v) is 8.67. The van der Waals surface area contributed by atoms with Crippen LogP contribution in [0, 0.1) is 5.92 Å². The molecule has 1 fully saturated rings. The first kappa shape index (κ1) is 16.4. The summed E-state index contributed by atoms with van der Waals surface area (Å²) in [6, 6.07) is 10.1. The maximum atomic E-state index is 5.89. The fourth-order valence-corrected chi connectivity index (χ4v) is 3.33. The Morgan fingerprint density at radius 2 is 1.71 bits per heavy atom. The van der Waals surface area contributed by atoms with Crippen molar-refractivity contribution in [1.29, 1.82) is 0 Å². The van der Waals surface area contributed by atoms with Gasteiger partial charge in [-0.2, -0.15) is 0 Å². The van der Waals surface area contributed by atoms with Gasteiger partial charge in [0.05, 0.1) is 0 Å². The number of benzene rings is 1. The van der Waals surface area contributed by atoms with E-state index in [1.165, 1.54) is 49.9 Å². The molecule has 1 atom stereocenters. The number of nitrogens with zero attached hydrogens (tertiary/aromatic N) is 1. The molecule has 0 aliphatic heterocycles. The molecule has 0 spiro atoms. The zero-order valence-corrected chi connectivity index (χ0v) is 14.0. The Kier molecular flexibility index (Phi) is 6.10. The third-order valence-electron chi connectivity index (χ3n) is 4.54. The molecule has 21 heavy (non-hydrogen) atoms. The van der Waals surface area contributed by atoms with Gasteiger partial charge in [0.1, 0.15) is 0 Å². The lowest BCUT2D eigenvalue weighted by Crippen LogP contribution is -2.34. The van der Waals surface area contributed by atoms with Crippen LogP contribution in [-0.2, 0) is 6.42 Å². The van der Waals surface area contributed by atoms with E-state index >= 15 is 0 Å². The molecule has 2 rings (SSSR count). The van der Waals surface area contributed by atoms with Crippen molar-refractivity contribution in [2.45, 2.75) is 71.4 Å². The van der Waals surface area contributed by atoms with Crippen molar-refractivity contribution in [1.82, 2.24) is 0 Å². The van der Waals surface area contributed by atoms with Crippen molar-refractivity contribution < 1.29 is 0 Å². The molecule has 0 heterocycles. The van der Waals surface area contributed by atoms with E-state index in [-0.39, 0.29) is 6.04 Å². The molecule has 0 saturated heterocycles. The van der Waals surface area contributed by atoms with Crippen LogP contribution in [0.4, 0.5) is 5.69 Å². The highest BCUT2D eigenvalue weighted by molar-refractivity contribution is 5.49. The van der Waals surface area contributed by atoms with Crippen molar-refractivity contribution in [2.75, 3.05) is 11.4 Å². The summed E-state index contributed by atoms with van der Waals surface area (Å²) in [6.07, 6.45) is 7.75. The van der Waals surface area contributed by atoms with E-state index in [1.807, 2.05) is 0 Å². The van der Waals surface area contributed by atoms with Gasteiger partial charge in [0.2, 0.25) is 0 Å². The van der Waals surface area contributed by atoms with Gasteiger partial charge in [-0.05, 0) is 56.2 Å². The summed E-state index contributed by atoms with van der Waals surface area (Å²) in [6.45, 7) is 7.90. The molecule has 0 amide bonds. The Labute approximate surface area is 130 Å². The monoisotopic (exact) mass is 288 g/mol. The van der Waals surface area contributed by atoms with E-state index in [1.54, 1.807) is 0 Å². The second-order valence-electron chi connectivity index (χ2n) is 7.16. The van der Waals surface area contributed by atoms with Gasteiger partial charge in [-0.15, -0.1) is 0 Å². The van der Waals surface area contributed by atoms with Crippen LogP contribution in [-0.4, -0.2) is 18.6 Å². The average Bonchev–Trinajstić information content (AvgIpc) is 2.94. The van der Waals surface area contributed by atoms with E-state index < -0.39 is 0 Å². The molecular formula is C19H32N2. The van der Waals surface area contributed by atoms with Gasteiger partial charge in [-0.25, -0.2) is 0 Å². The minimum absolute atomic E-state index is 0.239. The molecule has 2 N–H and O–H groups in total. The molecule has 1 aromatic rings. The van der Waals surface area contributed by atoms with E-state index in [2.05, 4.69) is 49.9 Å². The standard InChI is InChI=1S/C19H32N2/c1-15(2)12-13-21(18-6-4-5-7-18)19-10-8-17(9-11-19)14-16(3)20/h8-11,15-16,18H,4-7,12-14,20H2,1-3H3. The van der Waals surface area contributed by atoms with Crippen molar-refractivity contribution in [3.8, 4) is 0 Å². The number of hydrogen-bond donors (Lipinski definition) is 1. The van der Waals surface area contributed by atoms with Crippen LogP contribution < -0.4 is 10.6 Å². The average molecular weight is 288 g/mol. The number of nitrogens with two attached hydrogens (primary N) is 1. The van der Waals surface area contributed by atoms with Gasteiger partial charge < -0.3 is 10.6 Å². The van der Waals surface area contributed by atoms with Gasteiger partial charge in [0.25, 0.3) is 0 Å². The maximum absolute atomic E-state index is 5.89. The molecule has 1 saturated carbocycles. The summed E-state index contributed by atoms with van der Waals surface area (Å²) in [5.74, 6) is 0.770. The van der Waals surface area contributed by atoms with Crippen molar-refractivity contribution in [3.05, 3.63) is 29.8 Å². The number of hydrogen-bond acceptors (Lipinski definition) is 2. The van der Waals surface area contributed by atoms with E-state index in [0.29, 0.717) is 0 Å². The largest absolute Gasteiger partial charge is 0.369 e. The molecule has 1 aromatic carbocycles. The van der Waals surface area contributed by atoms with Crippen LogP contribution in [0.15, 0.2) is 24.3 Å². The fraction of sp³-hybridized carbons (Fsp3) is 0.684. The normalized spacial score (nSPS) is 17.4. The highest BCUT2D eigenvalue weighted by atomic mass is 15.2. The highest BCUT2D eigenvalue weighted by Gasteiger charge is 2.22. The fourth-order valence-electron chi connectivity index (χ4n) is 3.33. The topological polar surface area (TPSA) is 29.3 Å². The first-order valence-electron chi connectivity index (χ1n) is 8.67. The Morgan fingerprint density at radius 3 is 2.24 bits per heavy atom. The Balaban J connectivity index is 2.07. The molecule has 2 nitrogen and oxygen atoms in total. The summed E-state index contributed by atoms with van der Waals surface area (Å²) in [5.41, 5.74) is 8.64. The summed E-state index contributed by atoms with van der Waals surface area (Å²) in [4.78, 5) is 2.66. The summed E-state index contributed by atoms with van der Waals surface area (Å²) >= 11 is 0. The van der Waals surface area contributed by atoms with Crippen LogP contribution >= 0.6 is 0 Å². The van der Waals surface area contributed by atoms with E-state index in [9.17, 15) is 0 Å². The first-order chi connectivity index (χ1) is 10.1. The van der Waals surface area contributed by atoms with E-state index in [0.717, 1.165) is 18.4 Å². The molecule has 2 heteroatoms. The molecule has 118 valence electrons. The molecule has 1 unspecified atom stereocenters. The summed E-state index contributed by atoms with van der Waals surface area (Å²) in [7, 11) is 0. The van der Waals surface area contributed by atoms with Crippen molar-refractivity contribution >= 4 is 5.69 Å². The number of anilines is 1. The molecule has 0 bridgehead atoms. The van der Waals surface area contributed by atoms with Gasteiger partial charge in [-0.1, -0.05) is 38.8 Å². The third-order valence-corrected chi connectivity index (χ3v) is 4.54. The zero-order chi connectivity index (χ0) is 15.2. The molecule has 0 aromatic heterocycles. The van der Waals surface area contributed by atoms with E-state index in [4.69, 9.17) is 5.73 Å². The lowest BCUT2D eigenvalue weighted by atomic mass is 10.0. The van der Waals surface area contributed by atoms with Crippen LogP contribution in [0.2, 0.25) is 0 Å². The van der Waals surface area contributed by atoms with Gasteiger partial charge in [-0.3, -0.25) is 0 Å². The Hall–Kier alpha value is -1.02. The highest BCUT2D eigenvalue weighted by Crippen LogP contribution is 2.29. The molecular weight excluding hydrogens is 256 g/mol. The maximum Gasteiger partial charge on any atom is 0.0368 e. The Morgan fingerprint density at radius 1 is 1.10 bits per heavy atom. The van der Waals surface area contributed by atoms with Crippen LogP contribution in [0.1, 0.15) is 58.4 Å². The van der Waals surface area contributed by atoms with Gasteiger partial charge in [0.15, 0.2) is 0 Å². The Bertz CT molecular complexity index is 402. The van der Waals surface area contributed by atoms with Gasteiger partial charge in [0, 0.05) is 24.3 Å². The lowest BCUT2D eigenvalue weighted by molar-refractivity contribution is 0.528. The van der Waals surface area contributed by atoms with Crippen molar-refractivity contribution in [2.24, 2.45) is 11.7 Å². The molecule has 1 aliphatic carbocycles. The SMILES string of the molecule is CC(C)CCN(c1ccc(CC(C)N)cc1)C1CCCC1. The lowest BCUT2D eigenvalue weighted by Gasteiger charge is -2.32. The predicted molar refractivity (Wildman–Crippen MR) is 92.9 cm³/mol. The van der Waals surface area contributed by atoms with Crippen LogP contribution in [0.3, 0.4) is 0 Å². The minimum Gasteiger partial charge on any atom is -0.369 e. The molecule has 0 radical (unpaired) electrons.